The molecular weight excluding hydrogens is 443 g/mol. The third kappa shape index (κ3) is 2.95. The van der Waals surface area contributed by atoms with Gasteiger partial charge in [-0.15, -0.1) is 5.10 Å². The lowest BCUT2D eigenvalue weighted by Gasteiger charge is -2.34. The Kier molecular flexibility index (Phi) is 4.90. The summed E-state index contributed by atoms with van der Waals surface area (Å²) < 4.78 is 21.8. The molecule has 0 atom stereocenters. The molecule has 1 aliphatic heterocycles. The van der Waals surface area contributed by atoms with E-state index in [-0.39, 0.29) is 11.2 Å². The highest BCUT2D eigenvalue weighted by Gasteiger charge is 2.37. The number of nitrogens with zero attached hydrogens (tertiary/aromatic N) is 2. The molecule has 0 saturated carbocycles. The summed E-state index contributed by atoms with van der Waals surface area (Å²) in [5.41, 5.74) is 7.92. The van der Waals surface area contributed by atoms with Crippen molar-refractivity contribution in [3.8, 4) is 11.6 Å². The number of methoxy groups -OCH3 is 1. The average molecular weight is 462 g/mol. The monoisotopic (exact) mass is 460 g/mol. The third-order valence-electron chi connectivity index (χ3n) is 4.59. The molecule has 1 aromatic carbocycles. The first kappa shape index (κ1) is 17.7. The molecule has 0 spiro atoms. The molecule has 2 aromatic rings. The van der Waals surface area contributed by atoms with Crippen LogP contribution in [-0.2, 0) is 5.41 Å². The molecule has 8 heteroatoms. The molecule has 1 aromatic heterocycles. The minimum atomic E-state index is -0.347. The number of benzene rings is 1. The number of aromatic nitrogens is 2. The first-order valence-corrected chi connectivity index (χ1v) is 9.24. The third-order valence-corrected chi connectivity index (χ3v) is 5.80. The highest BCUT2D eigenvalue weighted by molar-refractivity contribution is 9.11. The number of hydrogen-bond acceptors (Lipinski definition) is 4. The van der Waals surface area contributed by atoms with E-state index in [0.717, 1.165) is 31.5 Å². The standard InChI is InChI=1S/C16H19Br2FN4O/c1-16(3-5-21-6-4-16)12-14(20)23(22-15(12)24-2)13-10(17)7-9(19)8-11(13)18/h7-8,21H,3-6,20H2,1-2H3. The zero-order valence-corrected chi connectivity index (χ0v) is 16.7. The lowest BCUT2D eigenvalue weighted by atomic mass is 9.75. The van der Waals surface area contributed by atoms with Crippen LogP contribution in [0.3, 0.4) is 0 Å². The molecule has 0 aliphatic carbocycles. The summed E-state index contributed by atoms with van der Waals surface area (Å²) in [6, 6.07) is 2.78. The second-order valence-corrected chi connectivity index (χ2v) is 7.92. The normalized spacial score (nSPS) is 17.0. The van der Waals surface area contributed by atoms with E-state index in [2.05, 4.69) is 49.2 Å². The zero-order chi connectivity index (χ0) is 17.5. The van der Waals surface area contributed by atoms with Crippen molar-refractivity contribution in [2.75, 3.05) is 25.9 Å². The van der Waals surface area contributed by atoms with Crippen LogP contribution in [0.4, 0.5) is 10.2 Å². The van der Waals surface area contributed by atoms with Crippen molar-refractivity contribution in [1.82, 2.24) is 15.1 Å². The van der Waals surface area contributed by atoms with Crippen molar-refractivity contribution in [2.45, 2.75) is 25.2 Å². The summed E-state index contributed by atoms with van der Waals surface area (Å²) in [6.45, 7) is 4.03. The minimum Gasteiger partial charge on any atom is -0.480 e. The molecule has 0 amide bonds. The first-order valence-electron chi connectivity index (χ1n) is 7.66. The van der Waals surface area contributed by atoms with E-state index in [1.165, 1.54) is 12.1 Å². The van der Waals surface area contributed by atoms with Gasteiger partial charge in [-0.2, -0.15) is 0 Å². The molecule has 3 rings (SSSR count). The second-order valence-electron chi connectivity index (χ2n) is 6.21. The van der Waals surface area contributed by atoms with Crippen LogP contribution in [0.5, 0.6) is 5.88 Å². The van der Waals surface area contributed by atoms with Gasteiger partial charge < -0.3 is 15.8 Å². The summed E-state index contributed by atoms with van der Waals surface area (Å²) >= 11 is 6.79. The Morgan fingerprint density at radius 3 is 2.42 bits per heavy atom. The van der Waals surface area contributed by atoms with E-state index in [0.29, 0.717) is 26.3 Å². The molecule has 130 valence electrons. The van der Waals surface area contributed by atoms with Crippen LogP contribution in [0.2, 0.25) is 0 Å². The van der Waals surface area contributed by atoms with E-state index < -0.39 is 0 Å². The maximum Gasteiger partial charge on any atom is 0.238 e. The Labute approximate surface area is 157 Å². The van der Waals surface area contributed by atoms with Crippen LogP contribution < -0.4 is 15.8 Å². The van der Waals surface area contributed by atoms with E-state index in [4.69, 9.17) is 10.5 Å². The largest absolute Gasteiger partial charge is 0.480 e. The van der Waals surface area contributed by atoms with Crippen LogP contribution in [0.25, 0.3) is 5.69 Å². The zero-order valence-electron chi connectivity index (χ0n) is 13.5. The van der Waals surface area contributed by atoms with Gasteiger partial charge in [-0.1, -0.05) is 6.92 Å². The molecule has 0 radical (unpaired) electrons. The average Bonchev–Trinajstić information content (AvgIpc) is 2.84. The van der Waals surface area contributed by atoms with Crippen molar-refractivity contribution in [1.29, 1.82) is 0 Å². The van der Waals surface area contributed by atoms with Gasteiger partial charge in [0.1, 0.15) is 11.6 Å². The van der Waals surface area contributed by atoms with Crippen LogP contribution in [0, 0.1) is 5.82 Å². The number of nitrogens with one attached hydrogen (secondary N) is 1. The first-order chi connectivity index (χ1) is 11.4. The molecular formula is C16H19Br2FN4O. The van der Waals surface area contributed by atoms with Gasteiger partial charge in [-0.05, 0) is 69.9 Å². The fraction of sp³-hybridized carbons (Fsp3) is 0.438. The SMILES string of the molecule is COc1nn(-c2c(Br)cc(F)cc2Br)c(N)c1C1(C)CCNCC1. The van der Waals surface area contributed by atoms with Gasteiger partial charge in [0.05, 0.1) is 18.4 Å². The molecule has 0 bridgehead atoms. The molecule has 24 heavy (non-hydrogen) atoms. The molecule has 1 aliphatic rings. The summed E-state index contributed by atoms with van der Waals surface area (Å²) in [6.07, 6.45) is 1.90. The number of piperidine rings is 1. The summed E-state index contributed by atoms with van der Waals surface area (Å²) in [4.78, 5) is 0. The number of anilines is 1. The minimum absolute atomic E-state index is 0.113. The molecule has 5 nitrogen and oxygen atoms in total. The van der Waals surface area contributed by atoms with E-state index in [1.807, 2.05) is 0 Å². The van der Waals surface area contributed by atoms with E-state index >= 15 is 0 Å². The van der Waals surface area contributed by atoms with Gasteiger partial charge in [0, 0.05) is 14.4 Å². The Bertz CT molecular complexity index is 749. The van der Waals surface area contributed by atoms with Crippen LogP contribution in [0.1, 0.15) is 25.3 Å². The maximum absolute atomic E-state index is 13.6. The predicted octanol–water partition coefficient (Wildman–Crippen LogP) is 3.77. The lowest BCUT2D eigenvalue weighted by molar-refractivity contribution is 0.315. The molecule has 1 fully saturated rings. The number of nitrogens with two attached hydrogens (primary N) is 1. The Hall–Kier alpha value is -1.12. The second kappa shape index (κ2) is 6.65. The Morgan fingerprint density at radius 2 is 1.88 bits per heavy atom. The Morgan fingerprint density at radius 1 is 1.29 bits per heavy atom. The number of ether oxygens (including phenoxy) is 1. The number of hydrogen-bond donors (Lipinski definition) is 2. The van der Waals surface area contributed by atoms with Gasteiger partial charge in [0.25, 0.3) is 0 Å². The van der Waals surface area contributed by atoms with Crippen molar-refractivity contribution >= 4 is 37.7 Å². The highest BCUT2D eigenvalue weighted by Crippen LogP contribution is 2.44. The number of nitrogen functional groups attached to an aromatic ring is 1. The summed E-state index contributed by atoms with van der Waals surface area (Å²) in [7, 11) is 1.59. The van der Waals surface area contributed by atoms with Crippen molar-refractivity contribution < 1.29 is 9.13 Å². The van der Waals surface area contributed by atoms with Gasteiger partial charge in [-0.25, -0.2) is 9.07 Å². The molecule has 3 N–H and O–H groups in total. The van der Waals surface area contributed by atoms with Crippen LogP contribution in [-0.4, -0.2) is 30.0 Å². The molecule has 1 saturated heterocycles. The quantitative estimate of drug-likeness (QED) is 0.730. The van der Waals surface area contributed by atoms with Crippen molar-refractivity contribution in [3.05, 3.63) is 32.5 Å². The topological polar surface area (TPSA) is 65.1 Å². The van der Waals surface area contributed by atoms with Gasteiger partial charge in [-0.3, -0.25) is 0 Å². The Balaban J connectivity index is 2.19. The summed E-state index contributed by atoms with van der Waals surface area (Å²) in [5, 5.41) is 7.90. The van der Waals surface area contributed by atoms with Crippen molar-refractivity contribution in [2.24, 2.45) is 0 Å². The van der Waals surface area contributed by atoms with Gasteiger partial charge >= 0.3 is 0 Å². The van der Waals surface area contributed by atoms with Crippen LogP contribution >= 0.6 is 31.9 Å². The smallest absolute Gasteiger partial charge is 0.238 e. The highest BCUT2D eigenvalue weighted by atomic mass is 79.9. The fourth-order valence-electron chi connectivity index (χ4n) is 3.26. The van der Waals surface area contributed by atoms with Gasteiger partial charge in [0.15, 0.2) is 0 Å². The lowest BCUT2D eigenvalue weighted by Crippen LogP contribution is -2.38. The van der Waals surface area contributed by atoms with Gasteiger partial charge in [0.2, 0.25) is 5.88 Å². The molecule has 2 heterocycles. The fourth-order valence-corrected chi connectivity index (χ4v) is 4.72. The van der Waals surface area contributed by atoms with E-state index in [1.54, 1.807) is 11.8 Å². The van der Waals surface area contributed by atoms with Crippen molar-refractivity contribution in [3.63, 3.8) is 0 Å². The number of halogens is 3. The predicted molar refractivity (Wildman–Crippen MR) is 99.3 cm³/mol. The number of rotatable bonds is 3. The van der Waals surface area contributed by atoms with E-state index in [9.17, 15) is 4.39 Å². The molecule has 0 unspecified atom stereocenters. The maximum atomic E-state index is 13.6. The summed E-state index contributed by atoms with van der Waals surface area (Å²) in [5.74, 6) is 0.685. The van der Waals surface area contributed by atoms with Crippen LogP contribution in [0.15, 0.2) is 21.1 Å².